The molecular formula is C12H14O2S. The molecule has 0 radical (unpaired) electrons. The minimum atomic E-state index is -0.359. The molecule has 15 heavy (non-hydrogen) atoms. The molecule has 0 atom stereocenters. The molecule has 1 aliphatic carbocycles. The summed E-state index contributed by atoms with van der Waals surface area (Å²) in [5.41, 5.74) is -0.359. The van der Waals surface area contributed by atoms with Gasteiger partial charge in [-0.1, -0.05) is 6.07 Å². The maximum Gasteiger partial charge on any atom is 0.141 e. The predicted octanol–water partition coefficient (Wildman–Crippen LogP) is 2.72. The third-order valence-electron chi connectivity index (χ3n) is 3.33. The van der Waals surface area contributed by atoms with Crippen LogP contribution in [0.4, 0.5) is 0 Å². The van der Waals surface area contributed by atoms with E-state index in [0.717, 1.165) is 4.88 Å². The molecule has 2 rings (SSSR count). The van der Waals surface area contributed by atoms with E-state index in [1.165, 1.54) is 0 Å². The molecule has 0 N–H and O–H groups in total. The molecule has 0 unspecified atom stereocenters. The van der Waals surface area contributed by atoms with E-state index >= 15 is 0 Å². The van der Waals surface area contributed by atoms with Crippen LogP contribution in [0.15, 0.2) is 17.5 Å². The Bertz CT molecular complexity index is 368. The minimum Gasteiger partial charge on any atom is -0.300 e. The van der Waals surface area contributed by atoms with Crippen LogP contribution in [0.1, 0.15) is 37.5 Å². The van der Waals surface area contributed by atoms with Crippen molar-refractivity contribution in [2.75, 3.05) is 0 Å². The maximum atomic E-state index is 11.8. The van der Waals surface area contributed by atoms with Gasteiger partial charge in [0.1, 0.15) is 11.6 Å². The molecular weight excluding hydrogens is 208 g/mol. The van der Waals surface area contributed by atoms with Crippen molar-refractivity contribution in [1.29, 1.82) is 0 Å². The van der Waals surface area contributed by atoms with Crippen molar-refractivity contribution < 1.29 is 9.59 Å². The van der Waals surface area contributed by atoms with Crippen LogP contribution in [0, 0.1) is 0 Å². The highest BCUT2D eigenvalue weighted by Gasteiger charge is 2.41. The van der Waals surface area contributed by atoms with E-state index in [4.69, 9.17) is 0 Å². The molecule has 1 saturated carbocycles. The first-order valence-corrected chi connectivity index (χ1v) is 6.10. The van der Waals surface area contributed by atoms with Gasteiger partial charge in [-0.2, -0.15) is 0 Å². The SMILES string of the molecule is CC(=O)C1(c2cccs2)CCC(=O)CC1. The van der Waals surface area contributed by atoms with E-state index in [1.54, 1.807) is 18.3 Å². The fourth-order valence-corrected chi connectivity index (χ4v) is 3.31. The number of hydrogen-bond donors (Lipinski definition) is 0. The molecule has 2 nitrogen and oxygen atoms in total. The fourth-order valence-electron chi connectivity index (χ4n) is 2.28. The summed E-state index contributed by atoms with van der Waals surface area (Å²) in [7, 11) is 0. The molecule has 1 aliphatic rings. The van der Waals surface area contributed by atoms with Crippen LogP contribution in [-0.2, 0) is 15.0 Å². The topological polar surface area (TPSA) is 34.1 Å². The van der Waals surface area contributed by atoms with Gasteiger partial charge < -0.3 is 0 Å². The van der Waals surface area contributed by atoms with Crippen molar-refractivity contribution in [1.82, 2.24) is 0 Å². The first-order valence-electron chi connectivity index (χ1n) is 5.22. The van der Waals surface area contributed by atoms with Crippen molar-refractivity contribution in [3.8, 4) is 0 Å². The van der Waals surface area contributed by atoms with E-state index in [1.807, 2.05) is 17.5 Å². The lowest BCUT2D eigenvalue weighted by atomic mass is 9.70. The second-order valence-electron chi connectivity index (χ2n) is 4.15. The number of carbonyl (C=O) groups is 2. The van der Waals surface area contributed by atoms with Gasteiger partial charge in [-0.3, -0.25) is 9.59 Å². The minimum absolute atomic E-state index is 0.206. The van der Waals surface area contributed by atoms with Crippen LogP contribution in [0.2, 0.25) is 0 Å². The number of carbonyl (C=O) groups excluding carboxylic acids is 2. The van der Waals surface area contributed by atoms with Gasteiger partial charge in [-0.05, 0) is 31.2 Å². The lowest BCUT2D eigenvalue weighted by Gasteiger charge is -2.33. The number of hydrogen-bond acceptors (Lipinski definition) is 3. The summed E-state index contributed by atoms with van der Waals surface area (Å²) >= 11 is 1.63. The quantitative estimate of drug-likeness (QED) is 0.771. The first kappa shape index (κ1) is 10.6. The molecule has 0 amide bonds. The Balaban J connectivity index is 2.34. The second-order valence-corrected chi connectivity index (χ2v) is 5.10. The summed E-state index contributed by atoms with van der Waals surface area (Å²) in [6.45, 7) is 1.65. The Labute approximate surface area is 93.3 Å². The summed E-state index contributed by atoms with van der Waals surface area (Å²) in [5.74, 6) is 0.501. The van der Waals surface area contributed by atoms with Gasteiger partial charge in [0.15, 0.2) is 0 Å². The molecule has 0 saturated heterocycles. The van der Waals surface area contributed by atoms with Gasteiger partial charge in [0.05, 0.1) is 5.41 Å². The van der Waals surface area contributed by atoms with Crippen molar-refractivity contribution in [2.45, 2.75) is 38.0 Å². The molecule has 1 aromatic rings. The van der Waals surface area contributed by atoms with E-state index in [2.05, 4.69) is 0 Å². The number of thiophene rings is 1. The average molecular weight is 222 g/mol. The largest absolute Gasteiger partial charge is 0.300 e. The van der Waals surface area contributed by atoms with Crippen molar-refractivity contribution in [3.63, 3.8) is 0 Å². The summed E-state index contributed by atoms with van der Waals surface area (Å²) < 4.78 is 0. The monoisotopic (exact) mass is 222 g/mol. The summed E-state index contributed by atoms with van der Waals surface area (Å²) in [6, 6.07) is 3.99. The third-order valence-corrected chi connectivity index (χ3v) is 4.40. The third kappa shape index (κ3) is 1.76. The van der Waals surface area contributed by atoms with Crippen molar-refractivity contribution >= 4 is 22.9 Å². The number of ketones is 2. The zero-order chi connectivity index (χ0) is 10.9. The average Bonchev–Trinajstić information content (AvgIpc) is 2.72. The molecule has 1 heterocycles. The Hall–Kier alpha value is -0.960. The normalized spacial score (nSPS) is 20.2. The van der Waals surface area contributed by atoms with Gasteiger partial charge in [0, 0.05) is 17.7 Å². The van der Waals surface area contributed by atoms with Crippen molar-refractivity contribution in [3.05, 3.63) is 22.4 Å². The lowest BCUT2D eigenvalue weighted by molar-refractivity contribution is -0.127. The number of rotatable bonds is 2. The standard InChI is InChI=1S/C12H14O2S/c1-9(13)12(11-3-2-8-15-11)6-4-10(14)5-7-12/h2-3,8H,4-7H2,1H3. The molecule has 80 valence electrons. The zero-order valence-corrected chi connectivity index (χ0v) is 9.60. The molecule has 0 aromatic carbocycles. The molecule has 0 bridgehead atoms. The van der Waals surface area contributed by atoms with Gasteiger partial charge >= 0.3 is 0 Å². The van der Waals surface area contributed by atoms with Gasteiger partial charge in [-0.15, -0.1) is 11.3 Å². The van der Waals surface area contributed by atoms with Crippen LogP contribution in [0.25, 0.3) is 0 Å². The summed E-state index contributed by atoms with van der Waals surface area (Å²) in [5, 5.41) is 2.00. The maximum absolute atomic E-state index is 11.8. The fraction of sp³-hybridized carbons (Fsp3) is 0.500. The second kappa shape index (κ2) is 3.89. The highest BCUT2D eigenvalue weighted by molar-refractivity contribution is 7.10. The van der Waals surface area contributed by atoms with Crippen molar-refractivity contribution in [2.24, 2.45) is 0 Å². The lowest BCUT2D eigenvalue weighted by Crippen LogP contribution is -2.37. The van der Waals surface area contributed by atoms with E-state index < -0.39 is 0 Å². The van der Waals surface area contributed by atoms with Crippen LogP contribution in [0.3, 0.4) is 0 Å². The van der Waals surface area contributed by atoms with E-state index in [9.17, 15) is 9.59 Å². The van der Waals surface area contributed by atoms with E-state index in [-0.39, 0.29) is 11.2 Å². The molecule has 1 aromatic heterocycles. The van der Waals surface area contributed by atoms with E-state index in [0.29, 0.717) is 31.5 Å². The molecule has 0 spiro atoms. The Kier molecular flexibility index (Phi) is 2.74. The van der Waals surface area contributed by atoms with Gasteiger partial charge in [-0.25, -0.2) is 0 Å². The predicted molar refractivity (Wildman–Crippen MR) is 60.2 cm³/mol. The summed E-state index contributed by atoms with van der Waals surface area (Å²) in [6.07, 6.45) is 2.50. The highest BCUT2D eigenvalue weighted by atomic mass is 32.1. The Morgan fingerprint density at radius 3 is 2.53 bits per heavy atom. The molecule has 0 aliphatic heterocycles. The van der Waals surface area contributed by atoms with Crippen LogP contribution in [-0.4, -0.2) is 11.6 Å². The smallest absolute Gasteiger partial charge is 0.141 e. The highest BCUT2D eigenvalue weighted by Crippen LogP contribution is 2.41. The molecule has 3 heteroatoms. The Morgan fingerprint density at radius 2 is 2.07 bits per heavy atom. The Morgan fingerprint density at radius 1 is 1.40 bits per heavy atom. The van der Waals surface area contributed by atoms with Crippen LogP contribution < -0.4 is 0 Å². The molecule has 1 fully saturated rings. The first-order chi connectivity index (χ1) is 7.15. The van der Waals surface area contributed by atoms with Gasteiger partial charge in [0.25, 0.3) is 0 Å². The van der Waals surface area contributed by atoms with Crippen LogP contribution in [0.5, 0.6) is 0 Å². The van der Waals surface area contributed by atoms with Crippen LogP contribution >= 0.6 is 11.3 Å². The summed E-state index contributed by atoms with van der Waals surface area (Å²) in [4.78, 5) is 24.2. The zero-order valence-electron chi connectivity index (χ0n) is 8.79. The van der Waals surface area contributed by atoms with Gasteiger partial charge in [0.2, 0.25) is 0 Å². The number of Topliss-reactive ketones (excluding diaryl/α,β-unsaturated/α-hetero) is 2.